The van der Waals surface area contributed by atoms with Gasteiger partial charge in [-0.1, -0.05) is 60.7 Å². The van der Waals surface area contributed by atoms with Crippen LogP contribution in [0.5, 0.6) is 0 Å². The van der Waals surface area contributed by atoms with Gasteiger partial charge in [-0.15, -0.1) is 0 Å². The van der Waals surface area contributed by atoms with Crippen LogP contribution in [0.15, 0.2) is 60.7 Å². The molecule has 2 saturated heterocycles. The number of piperidine rings is 2. The zero-order chi connectivity index (χ0) is 30.7. The standard InChI is InChI=1S/C14H19NO3.C14H17NO3.C2Cl2O2/c2*16-10-13-7-4-8-15(9-13)14(17)18-11-12-5-2-1-3-6-12;3-1(5)2(4)6/h1-3,5-6,13,16H,4,7-11H2;1-3,5-6,10,13H,4,7-9,11H2;/t2*13-;/m00./s1. The maximum absolute atomic E-state index is 11.9. The number of amides is 2. The fourth-order valence-corrected chi connectivity index (χ4v) is 4.29. The normalized spacial score (nSPS) is 17.8. The molecule has 42 heavy (non-hydrogen) atoms. The molecule has 2 fully saturated rings. The van der Waals surface area contributed by atoms with Gasteiger partial charge in [0.2, 0.25) is 0 Å². The molecule has 12 heteroatoms. The van der Waals surface area contributed by atoms with E-state index in [1.807, 2.05) is 60.7 Å². The summed E-state index contributed by atoms with van der Waals surface area (Å²) in [6.07, 6.45) is 3.97. The molecule has 10 nitrogen and oxygen atoms in total. The molecule has 0 aromatic heterocycles. The molecule has 4 rings (SSSR count). The van der Waals surface area contributed by atoms with Crippen LogP contribution in [-0.4, -0.2) is 76.6 Å². The minimum atomic E-state index is -1.14. The Balaban J connectivity index is 0.000000247. The van der Waals surface area contributed by atoms with E-state index in [4.69, 9.17) is 14.6 Å². The van der Waals surface area contributed by atoms with Crippen LogP contribution in [0.25, 0.3) is 0 Å². The Bertz CT molecular complexity index is 1120. The fourth-order valence-electron chi connectivity index (χ4n) is 4.29. The number of carbonyl (C=O) groups is 5. The van der Waals surface area contributed by atoms with Crippen molar-refractivity contribution in [1.29, 1.82) is 0 Å². The molecule has 0 radical (unpaired) electrons. The quantitative estimate of drug-likeness (QED) is 0.265. The number of rotatable bonds is 7. The van der Waals surface area contributed by atoms with Crippen LogP contribution >= 0.6 is 23.2 Å². The first-order chi connectivity index (χ1) is 20.2. The molecular formula is C30H36Cl2N2O8. The van der Waals surface area contributed by atoms with E-state index < -0.39 is 10.5 Å². The average Bonchev–Trinajstić information content (AvgIpc) is 3.04. The lowest BCUT2D eigenvalue weighted by molar-refractivity contribution is -0.127. The maximum atomic E-state index is 11.9. The lowest BCUT2D eigenvalue weighted by Crippen LogP contribution is -2.41. The van der Waals surface area contributed by atoms with E-state index in [9.17, 15) is 24.0 Å². The minimum Gasteiger partial charge on any atom is -0.445 e. The van der Waals surface area contributed by atoms with Gasteiger partial charge >= 0.3 is 22.7 Å². The van der Waals surface area contributed by atoms with Crippen LogP contribution in [0, 0.1) is 11.8 Å². The molecule has 2 aliphatic rings. The number of aliphatic hydroxyl groups excluding tert-OH is 1. The highest BCUT2D eigenvalue weighted by atomic mass is 35.5. The molecule has 0 spiro atoms. The van der Waals surface area contributed by atoms with Gasteiger partial charge in [-0.05, 0) is 65.9 Å². The maximum Gasteiger partial charge on any atom is 0.410 e. The van der Waals surface area contributed by atoms with Crippen molar-refractivity contribution >= 4 is 52.2 Å². The number of carbonyl (C=O) groups excluding carboxylic acids is 5. The van der Waals surface area contributed by atoms with Crippen LogP contribution in [-0.2, 0) is 37.1 Å². The van der Waals surface area contributed by atoms with Crippen molar-refractivity contribution in [3.63, 3.8) is 0 Å². The minimum absolute atomic E-state index is 0.0389. The number of benzene rings is 2. The summed E-state index contributed by atoms with van der Waals surface area (Å²) < 4.78 is 10.5. The highest BCUT2D eigenvalue weighted by molar-refractivity contribution is 6.97. The van der Waals surface area contributed by atoms with Crippen molar-refractivity contribution in [3.05, 3.63) is 71.8 Å². The number of likely N-dealkylation sites (tertiary alicyclic amines) is 2. The summed E-state index contributed by atoms with van der Waals surface area (Å²) in [7, 11) is 0. The predicted molar refractivity (Wildman–Crippen MR) is 157 cm³/mol. The second-order valence-electron chi connectivity index (χ2n) is 9.75. The molecule has 1 N–H and O–H groups in total. The van der Waals surface area contributed by atoms with Gasteiger partial charge in [0.15, 0.2) is 0 Å². The van der Waals surface area contributed by atoms with Crippen LogP contribution in [0.3, 0.4) is 0 Å². The summed E-state index contributed by atoms with van der Waals surface area (Å²) in [6, 6.07) is 19.2. The third kappa shape index (κ3) is 13.5. The second-order valence-corrected chi connectivity index (χ2v) is 10.4. The van der Waals surface area contributed by atoms with Gasteiger partial charge < -0.3 is 29.2 Å². The fraction of sp³-hybridized carbons (Fsp3) is 0.433. The summed E-state index contributed by atoms with van der Waals surface area (Å²) in [6.45, 7) is 3.22. The van der Waals surface area contributed by atoms with E-state index in [1.54, 1.807) is 9.80 Å². The van der Waals surface area contributed by atoms with Crippen LogP contribution in [0.4, 0.5) is 9.59 Å². The third-order valence-electron chi connectivity index (χ3n) is 6.51. The van der Waals surface area contributed by atoms with Gasteiger partial charge in [0.1, 0.15) is 19.5 Å². The Morgan fingerprint density at radius 2 is 1.21 bits per heavy atom. The molecule has 0 bridgehead atoms. The summed E-state index contributed by atoms with van der Waals surface area (Å²) in [4.78, 5) is 56.6. The van der Waals surface area contributed by atoms with Crippen molar-refractivity contribution in [1.82, 2.24) is 9.80 Å². The van der Waals surface area contributed by atoms with Gasteiger partial charge in [-0.25, -0.2) is 9.59 Å². The summed E-state index contributed by atoms with van der Waals surface area (Å²) in [5.41, 5.74) is 1.95. The Labute approximate surface area is 255 Å². The van der Waals surface area contributed by atoms with Gasteiger partial charge in [-0.3, -0.25) is 9.59 Å². The molecule has 2 aliphatic heterocycles. The first kappa shape index (κ1) is 34.7. The molecule has 0 saturated carbocycles. The largest absolute Gasteiger partial charge is 0.445 e. The second kappa shape index (κ2) is 19.6. The Kier molecular flexibility index (Phi) is 16.2. The molecule has 2 aromatic carbocycles. The smallest absolute Gasteiger partial charge is 0.410 e. The van der Waals surface area contributed by atoms with Crippen molar-refractivity contribution < 1.29 is 38.6 Å². The van der Waals surface area contributed by atoms with Gasteiger partial charge in [-0.2, -0.15) is 0 Å². The number of hydrogen-bond donors (Lipinski definition) is 1. The highest BCUT2D eigenvalue weighted by Crippen LogP contribution is 2.17. The summed E-state index contributed by atoms with van der Waals surface area (Å²) in [5, 5.41) is 6.84. The Morgan fingerprint density at radius 1 is 0.762 bits per heavy atom. The number of halogens is 2. The number of ether oxygens (including phenoxy) is 2. The topological polar surface area (TPSA) is 131 Å². The van der Waals surface area contributed by atoms with Crippen molar-refractivity contribution in [2.45, 2.75) is 38.9 Å². The SMILES string of the molecule is O=C(Cl)C(=O)Cl.O=C(OCc1ccccc1)N1CCC[C@H](CO)C1.O=C[C@H]1CCCN(C(=O)OCc2ccccc2)C1. The molecular weight excluding hydrogens is 587 g/mol. The van der Waals surface area contributed by atoms with E-state index in [-0.39, 0.29) is 37.2 Å². The van der Waals surface area contributed by atoms with E-state index in [2.05, 4.69) is 23.2 Å². The lowest BCUT2D eigenvalue weighted by Gasteiger charge is -2.31. The number of hydrogen-bond acceptors (Lipinski definition) is 8. The number of nitrogens with zero attached hydrogens (tertiary/aromatic N) is 2. The average molecular weight is 624 g/mol. The summed E-state index contributed by atoms with van der Waals surface area (Å²) in [5.74, 6) is 0.158. The van der Waals surface area contributed by atoms with Gasteiger partial charge in [0.25, 0.3) is 0 Å². The number of aliphatic hydroxyl groups is 1. The van der Waals surface area contributed by atoms with Crippen LogP contribution in [0.1, 0.15) is 36.8 Å². The first-order valence-electron chi connectivity index (χ1n) is 13.6. The first-order valence-corrected chi connectivity index (χ1v) is 14.4. The van der Waals surface area contributed by atoms with Gasteiger partial charge in [0.05, 0.1) is 0 Å². The molecule has 2 atom stereocenters. The van der Waals surface area contributed by atoms with Crippen molar-refractivity contribution in [2.75, 3.05) is 32.8 Å². The molecule has 0 aliphatic carbocycles. The molecule has 2 amide bonds. The number of aldehydes is 1. The van der Waals surface area contributed by atoms with E-state index in [0.717, 1.165) is 49.6 Å². The third-order valence-corrected chi connectivity index (χ3v) is 6.95. The zero-order valence-corrected chi connectivity index (χ0v) is 24.8. The van der Waals surface area contributed by atoms with E-state index in [0.29, 0.717) is 26.2 Å². The molecule has 0 unspecified atom stereocenters. The van der Waals surface area contributed by atoms with E-state index in [1.165, 1.54) is 0 Å². The molecule has 2 aromatic rings. The Morgan fingerprint density at radius 3 is 1.64 bits per heavy atom. The Hall–Kier alpha value is -3.47. The van der Waals surface area contributed by atoms with E-state index >= 15 is 0 Å². The van der Waals surface area contributed by atoms with Crippen LogP contribution in [0.2, 0.25) is 0 Å². The lowest BCUT2D eigenvalue weighted by atomic mass is 10.00. The predicted octanol–water partition coefficient (Wildman–Crippen LogP) is 4.78. The zero-order valence-electron chi connectivity index (χ0n) is 23.2. The van der Waals surface area contributed by atoms with Crippen molar-refractivity contribution in [2.24, 2.45) is 11.8 Å². The monoisotopic (exact) mass is 622 g/mol. The molecule has 228 valence electrons. The molecule has 2 heterocycles. The van der Waals surface area contributed by atoms with Gasteiger partial charge in [0, 0.05) is 38.7 Å². The van der Waals surface area contributed by atoms with Crippen molar-refractivity contribution in [3.8, 4) is 0 Å². The highest BCUT2D eigenvalue weighted by Gasteiger charge is 2.25. The summed E-state index contributed by atoms with van der Waals surface area (Å²) >= 11 is 8.98. The van der Waals surface area contributed by atoms with Crippen LogP contribution < -0.4 is 0 Å².